The van der Waals surface area contributed by atoms with Gasteiger partial charge in [0.1, 0.15) is 5.82 Å². The first kappa shape index (κ1) is 18.4. The number of nitrogens with zero attached hydrogens (tertiary/aromatic N) is 2. The van der Waals surface area contributed by atoms with E-state index in [9.17, 15) is 9.18 Å². The first-order valence-electron chi connectivity index (χ1n) is 9.73. The molecule has 3 aromatic rings. The smallest absolute Gasteiger partial charge is 0.253 e. The highest BCUT2D eigenvalue weighted by atomic mass is 19.1. The van der Waals surface area contributed by atoms with Gasteiger partial charge in [-0.2, -0.15) is 0 Å². The van der Waals surface area contributed by atoms with Gasteiger partial charge in [-0.05, 0) is 54.8 Å². The molecule has 0 atom stereocenters. The Morgan fingerprint density at radius 1 is 0.929 bits per heavy atom. The number of hydrogen-bond donors (Lipinski definition) is 0. The number of halogens is 1. The van der Waals surface area contributed by atoms with Gasteiger partial charge < -0.3 is 4.90 Å². The number of carbonyl (C=O) groups is 1. The number of likely N-dealkylation sites (tertiary alicyclic amines) is 1. The molecule has 2 aromatic carbocycles. The van der Waals surface area contributed by atoms with Gasteiger partial charge >= 0.3 is 0 Å². The summed E-state index contributed by atoms with van der Waals surface area (Å²) in [5.74, 6) is 0.257. The van der Waals surface area contributed by atoms with Gasteiger partial charge in [-0.1, -0.05) is 36.4 Å². The van der Waals surface area contributed by atoms with E-state index in [4.69, 9.17) is 4.98 Å². The molecule has 28 heavy (non-hydrogen) atoms. The molecule has 0 N–H and O–H groups in total. The molecule has 0 saturated carbocycles. The zero-order valence-corrected chi connectivity index (χ0v) is 15.7. The minimum Gasteiger partial charge on any atom is -0.339 e. The Bertz CT molecular complexity index is 932. The van der Waals surface area contributed by atoms with Crippen LogP contribution >= 0.6 is 0 Å². The summed E-state index contributed by atoms with van der Waals surface area (Å²) >= 11 is 0. The largest absolute Gasteiger partial charge is 0.339 e. The van der Waals surface area contributed by atoms with E-state index in [1.165, 1.54) is 12.1 Å². The van der Waals surface area contributed by atoms with Crippen molar-refractivity contribution in [1.29, 1.82) is 0 Å². The van der Waals surface area contributed by atoms with Crippen molar-refractivity contribution in [2.24, 2.45) is 0 Å². The molecule has 4 heteroatoms. The molecule has 142 valence electrons. The van der Waals surface area contributed by atoms with Gasteiger partial charge in [0.2, 0.25) is 0 Å². The Balaban J connectivity index is 1.39. The van der Waals surface area contributed by atoms with Gasteiger partial charge in [-0.25, -0.2) is 4.39 Å². The van der Waals surface area contributed by atoms with Gasteiger partial charge in [0, 0.05) is 42.4 Å². The van der Waals surface area contributed by atoms with Gasteiger partial charge in [-0.15, -0.1) is 0 Å². The monoisotopic (exact) mass is 374 g/mol. The van der Waals surface area contributed by atoms with Crippen molar-refractivity contribution in [2.45, 2.75) is 25.2 Å². The fraction of sp³-hybridized carbons (Fsp3) is 0.250. The van der Waals surface area contributed by atoms with E-state index in [2.05, 4.69) is 6.07 Å². The lowest BCUT2D eigenvalue weighted by molar-refractivity contribution is 0.0712. The molecule has 0 unspecified atom stereocenters. The number of benzene rings is 2. The molecule has 2 heterocycles. The number of carbonyl (C=O) groups excluding carboxylic acids is 1. The summed E-state index contributed by atoms with van der Waals surface area (Å²) in [4.78, 5) is 19.4. The van der Waals surface area contributed by atoms with E-state index < -0.39 is 0 Å². The van der Waals surface area contributed by atoms with E-state index in [1.54, 1.807) is 12.1 Å². The van der Waals surface area contributed by atoms with Crippen LogP contribution in [0.15, 0.2) is 72.8 Å². The summed E-state index contributed by atoms with van der Waals surface area (Å²) in [6.07, 6.45) is 2.54. The molecule has 0 aliphatic carbocycles. The summed E-state index contributed by atoms with van der Waals surface area (Å²) in [7, 11) is 0. The molecule has 1 aromatic heterocycles. The maximum absolute atomic E-state index is 13.1. The van der Waals surface area contributed by atoms with Crippen LogP contribution in [0.4, 0.5) is 4.39 Å². The molecule has 0 spiro atoms. The van der Waals surface area contributed by atoms with E-state index >= 15 is 0 Å². The highest BCUT2D eigenvalue weighted by Crippen LogP contribution is 2.28. The minimum atomic E-state index is -0.220. The van der Waals surface area contributed by atoms with E-state index in [0.717, 1.165) is 48.4 Å². The molecular formula is C24H23FN2O. The van der Waals surface area contributed by atoms with Crippen molar-refractivity contribution in [3.05, 3.63) is 101 Å². The lowest BCUT2D eigenvalue weighted by Crippen LogP contribution is -2.38. The highest BCUT2D eigenvalue weighted by Gasteiger charge is 2.25. The maximum atomic E-state index is 13.1. The Labute approximate surface area is 164 Å². The van der Waals surface area contributed by atoms with E-state index in [0.29, 0.717) is 12.3 Å². The first-order valence-corrected chi connectivity index (χ1v) is 9.73. The van der Waals surface area contributed by atoms with Crippen LogP contribution < -0.4 is 0 Å². The Kier molecular flexibility index (Phi) is 5.47. The Hall–Kier alpha value is -3.01. The van der Waals surface area contributed by atoms with Crippen LogP contribution in [0.5, 0.6) is 0 Å². The number of piperidine rings is 1. The van der Waals surface area contributed by atoms with Crippen molar-refractivity contribution in [1.82, 2.24) is 9.88 Å². The molecular weight excluding hydrogens is 351 g/mol. The molecule has 1 aliphatic rings. The van der Waals surface area contributed by atoms with Crippen LogP contribution in [0.3, 0.4) is 0 Å². The summed E-state index contributed by atoms with van der Waals surface area (Å²) < 4.78 is 13.1. The second-order valence-electron chi connectivity index (χ2n) is 7.29. The third-order valence-electron chi connectivity index (χ3n) is 5.35. The summed E-state index contributed by atoms with van der Waals surface area (Å²) in [6.45, 7) is 1.50. The third kappa shape index (κ3) is 4.28. The lowest BCUT2D eigenvalue weighted by atomic mass is 9.92. The summed E-state index contributed by atoms with van der Waals surface area (Å²) in [5.41, 5.74) is 3.88. The Morgan fingerprint density at radius 2 is 1.64 bits per heavy atom. The van der Waals surface area contributed by atoms with Crippen LogP contribution in [0, 0.1) is 5.82 Å². The number of hydrogen-bond acceptors (Lipinski definition) is 2. The van der Waals surface area contributed by atoms with Gasteiger partial charge in [0.25, 0.3) is 5.91 Å². The quantitative estimate of drug-likeness (QED) is 0.655. The molecule has 1 amide bonds. The predicted molar refractivity (Wildman–Crippen MR) is 108 cm³/mol. The Morgan fingerprint density at radius 3 is 2.36 bits per heavy atom. The summed E-state index contributed by atoms with van der Waals surface area (Å²) in [6, 6.07) is 22.2. The average molecular weight is 374 g/mol. The van der Waals surface area contributed by atoms with Crippen molar-refractivity contribution in [2.75, 3.05) is 13.1 Å². The normalized spacial score (nSPS) is 14.8. The minimum absolute atomic E-state index is 0.108. The fourth-order valence-corrected chi connectivity index (χ4v) is 3.78. The zero-order valence-electron chi connectivity index (χ0n) is 15.7. The standard InChI is InChI=1S/C24H23FN2O/c25-21-11-9-18(10-12-21)17-22-7-4-8-23(26-22)19-13-15-27(16-14-19)24(28)20-5-2-1-3-6-20/h1-12,19H,13-17H2. The van der Waals surface area contributed by atoms with Crippen LogP contribution in [0.2, 0.25) is 0 Å². The maximum Gasteiger partial charge on any atom is 0.253 e. The second kappa shape index (κ2) is 8.34. The SMILES string of the molecule is O=C(c1ccccc1)N1CCC(c2cccc(Cc3ccc(F)cc3)n2)CC1. The van der Waals surface area contributed by atoms with E-state index in [-0.39, 0.29) is 11.7 Å². The van der Waals surface area contributed by atoms with Crippen LogP contribution in [0.1, 0.15) is 46.1 Å². The van der Waals surface area contributed by atoms with Crippen molar-refractivity contribution in [3.63, 3.8) is 0 Å². The summed E-state index contributed by atoms with van der Waals surface area (Å²) in [5, 5.41) is 0. The molecule has 0 radical (unpaired) electrons. The lowest BCUT2D eigenvalue weighted by Gasteiger charge is -2.32. The van der Waals surface area contributed by atoms with Crippen LogP contribution in [-0.2, 0) is 6.42 Å². The second-order valence-corrected chi connectivity index (χ2v) is 7.29. The van der Waals surface area contributed by atoms with Crippen LogP contribution in [0.25, 0.3) is 0 Å². The molecule has 1 fully saturated rings. The molecule has 1 saturated heterocycles. The van der Waals surface area contributed by atoms with Gasteiger partial charge in [-0.3, -0.25) is 9.78 Å². The first-order chi connectivity index (χ1) is 13.7. The molecule has 3 nitrogen and oxygen atoms in total. The molecule has 4 rings (SSSR count). The van der Waals surface area contributed by atoms with Crippen molar-refractivity contribution < 1.29 is 9.18 Å². The predicted octanol–water partition coefficient (Wildman–Crippen LogP) is 4.83. The van der Waals surface area contributed by atoms with Crippen molar-refractivity contribution >= 4 is 5.91 Å². The average Bonchev–Trinajstić information content (AvgIpc) is 2.76. The number of rotatable bonds is 4. The van der Waals surface area contributed by atoms with Gasteiger partial charge in [0.15, 0.2) is 0 Å². The highest BCUT2D eigenvalue weighted by molar-refractivity contribution is 5.94. The third-order valence-corrected chi connectivity index (χ3v) is 5.35. The topological polar surface area (TPSA) is 33.2 Å². The zero-order chi connectivity index (χ0) is 19.3. The van der Waals surface area contributed by atoms with Gasteiger partial charge in [0.05, 0.1) is 0 Å². The number of aromatic nitrogens is 1. The molecule has 0 bridgehead atoms. The van der Waals surface area contributed by atoms with Crippen LogP contribution in [-0.4, -0.2) is 28.9 Å². The fourth-order valence-electron chi connectivity index (χ4n) is 3.78. The number of pyridine rings is 1. The molecule has 1 aliphatic heterocycles. The van der Waals surface area contributed by atoms with E-state index in [1.807, 2.05) is 47.4 Å². The number of amides is 1. The van der Waals surface area contributed by atoms with Crippen molar-refractivity contribution in [3.8, 4) is 0 Å².